The highest BCUT2D eigenvalue weighted by atomic mass is 31.1. The van der Waals surface area contributed by atoms with Crippen molar-refractivity contribution in [2.24, 2.45) is 4.99 Å². The molecule has 3 aromatic rings. The maximum absolute atomic E-state index is 4.79. The van der Waals surface area contributed by atoms with Crippen LogP contribution in [-0.4, -0.2) is 17.2 Å². The topological polar surface area (TPSA) is 25.2 Å². The quantitative estimate of drug-likeness (QED) is 0.447. The van der Waals surface area contributed by atoms with E-state index >= 15 is 0 Å². The van der Waals surface area contributed by atoms with E-state index in [1.807, 2.05) is 24.4 Å². The highest BCUT2D eigenvalue weighted by Gasteiger charge is 2.39. The Bertz CT molecular complexity index is 841. The molecule has 4 rings (SSSR count). The van der Waals surface area contributed by atoms with Gasteiger partial charge in [-0.1, -0.05) is 66.7 Å². The molecule has 0 spiro atoms. The minimum Gasteiger partial charge on any atom is -0.287 e. The van der Waals surface area contributed by atoms with E-state index in [1.165, 1.54) is 22.2 Å². The van der Waals surface area contributed by atoms with Crippen molar-refractivity contribution in [3.05, 3.63) is 122 Å². The summed E-state index contributed by atoms with van der Waals surface area (Å²) in [7, 11) is -0.617. The number of aromatic nitrogens is 1. The van der Waals surface area contributed by atoms with E-state index in [2.05, 4.69) is 91.8 Å². The van der Waals surface area contributed by atoms with Crippen LogP contribution in [0.25, 0.3) is 0 Å². The molecule has 28 heavy (non-hydrogen) atoms. The van der Waals surface area contributed by atoms with Crippen molar-refractivity contribution in [1.82, 2.24) is 4.98 Å². The molecule has 1 aliphatic carbocycles. The average molecular weight is 381 g/mol. The van der Waals surface area contributed by atoms with E-state index in [0.29, 0.717) is 0 Å². The number of hydrogen-bond acceptors (Lipinski definition) is 2. The summed E-state index contributed by atoms with van der Waals surface area (Å²) < 4.78 is 0. The Balaban J connectivity index is 1.61. The fourth-order valence-corrected chi connectivity index (χ4v) is 5.83. The summed E-state index contributed by atoms with van der Waals surface area (Å²) in [4.78, 5) is 9.13. The summed E-state index contributed by atoms with van der Waals surface area (Å²) in [5.74, 6) is 1.28. The number of pyridine rings is 1. The molecule has 3 heteroatoms. The van der Waals surface area contributed by atoms with Crippen molar-refractivity contribution in [2.75, 3.05) is 0 Å². The Kier molecular flexibility index (Phi) is 6.29. The average Bonchev–Trinajstić information content (AvgIpc) is 3.24. The van der Waals surface area contributed by atoms with Crippen LogP contribution in [0.3, 0.4) is 0 Å². The van der Waals surface area contributed by atoms with Gasteiger partial charge < -0.3 is 0 Å². The number of rotatable bonds is 6. The monoisotopic (exact) mass is 381 g/mol. The van der Waals surface area contributed by atoms with Crippen molar-refractivity contribution in [3.63, 3.8) is 0 Å². The van der Waals surface area contributed by atoms with Crippen LogP contribution in [-0.2, 0) is 0 Å². The molecule has 0 unspecified atom stereocenters. The zero-order valence-corrected chi connectivity index (χ0v) is 16.7. The lowest BCUT2D eigenvalue weighted by molar-refractivity contribution is 0.798. The second-order valence-corrected chi connectivity index (χ2v) is 8.77. The Morgan fingerprint density at radius 2 is 1.46 bits per heavy atom. The number of aliphatic imine (C=N–C) groups is 1. The molecule has 0 N–H and O–H groups in total. The lowest BCUT2D eigenvalue weighted by atomic mass is 10.00. The second kappa shape index (κ2) is 9.26. The third-order valence-electron chi connectivity index (χ3n) is 4.66. The first kappa shape index (κ1) is 19.0. The molecule has 0 aliphatic heterocycles. The minimum atomic E-state index is -0.617. The minimum absolute atomic E-state index is 0.0735. The molecule has 2 nitrogen and oxygen atoms in total. The second-order valence-electron chi connectivity index (χ2n) is 6.58. The molecule has 0 bridgehead atoms. The molecule has 1 atom stereocenters. The van der Waals surface area contributed by atoms with E-state index in [1.54, 1.807) is 6.20 Å². The van der Waals surface area contributed by atoms with Crippen LogP contribution in [0.5, 0.6) is 0 Å². The van der Waals surface area contributed by atoms with Gasteiger partial charge in [-0.05, 0) is 56.8 Å². The molecule has 137 valence electrons. The van der Waals surface area contributed by atoms with E-state index in [0.717, 1.165) is 5.69 Å². The van der Waals surface area contributed by atoms with Gasteiger partial charge in [0.15, 0.2) is 0 Å². The molecule has 0 saturated heterocycles. The van der Waals surface area contributed by atoms with Crippen LogP contribution < -0.4 is 10.6 Å². The summed E-state index contributed by atoms with van der Waals surface area (Å²) in [6.45, 7) is 2.15. The smallest absolute Gasteiger partial charge is 0.0807 e. The van der Waals surface area contributed by atoms with Gasteiger partial charge in [-0.15, -0.1) is 0 Å². The molecule has 1 heterocycles. The molecular formula is C25H22N2P. The van der Waals surface area contributed by atoms with E-state index in [9.17, 15) is 0 Å². The normalized spacial score (nSPS) is 16.8. The molecule has 1 saturated carbocycles. The van der Waals surface area contributed by atoms with Gasteiger partial charge in [0.2, 0.25) is 0 Å². The van der Waals surface area contributed by atoms with Gasteiger partial charge in [-0.3, -0.25) is 9.98 Å². The summed E-state index contributed by atoms with van der Waals surface area (Å²) >= 11 is 0. The Morgan fingerprint density at radius 3 is 2.07 bits per heavy atom. The first-order chi connectivity index (χ1) is 13.8. The SMILES string of the molecule is C[C@@H](N=Cc1ccccn1)[C]1[CH][CH][CH][C]1P(c1ccccc1)c1ccccc1. The zero-order chi connectivity index (χ0) is 19.2. The predicted molar refractivity (Wildman–Crippen MR) is 120 cm³/mol. The molecule has 1 fully saturated rings. The van der Waals surface area contributed by atoms with Crippen LogP contribution in [0.4, 0.5) is 0 Å². The van der Waals surface area contributed by atoms with Crippen LogP contribution >= 0.6 is 7.92 Å². The van der Waals surface area contributed by atoms with Crippen molar-refractivity contribution in [3.8, 4) is 0 Å². The van der Waals surface area contributed by atoms with Gasteiger partial charge in [0.05, 0.1) is 11.7 Å². The summed E-state index contributed by atoms with van der Waals surface area (Å²) in [5.41, 5.74) is 2.26. The van der Waals surface area contributed by atoms with Gasteiger partial charge in [0.25, 0.3) is 0 Å². The largest absolute Gasteiger partial charge is 0.287 e. The fraction of sp³-hybridized carbons (Fsp3) is 0.0800. The van der Waals surface area contributed by atoms with Gasteiger partial charge in [0, 0.05) is 24.0 Å². The lowest BCUT2D eigenvalue weighted by Crippen LogP contribution is -2.23. The van der Waals surface area contributed by atoms with Crippen LogP contribution in [0.2, 0.25) is 0 Å². The molecule has 5 radical (unpaired) electrons. The van der Waals surface area contributed by atoms with Crippen LogP contribution in [0.15, 0.2) is 90.1 Å². The fourth-order valence-electron chi connectivity index (χ4n) is 3.28. The highest BCUT2D eigenvalue weighted by Crippen LogP contribution is 2.57. The van der Waals surface area contributed by atoms with Crippen LogP contribution in [0.1, 0.15) is 12.6 Å². The summed E-state index contributed by atoms with van der Waals surface area (Å²) in [6, 6.07) is 27.5. The zero-order valence-electron chi connectivity index (χ0n) is 15.8. The maximum Gasteiger partial charge on any atom is 0.0807 e. The molecule has 1 aromatic heterocycles. The Labute approximate surface area is 169 Å². The first-order valence-corrected chi connectivity index (χ1v) is 10.8. The van der Waals surface area contributed by atoms with Gasteiger partial charge in [-0.25, -0.2) is 0 Å². The predicted octanol–water partition coefficient (Wildman–Crippen LogP) is 4.75. The maximum atomic E-state index is 4.79. The molecule has 1 aliphatic rings. The van der Waals surface area contributed by atoms with E-state index in [-0.39, 0.29) is 6.04 Å². The van der Waals surface area contributed by atoms with Crippen LogP contribution in [0, 0.1) is 30.8 Å². The first-order valence-electron chi connectivity index (χ1n) is 9.43. The summed E-state index contributed by atoms with van der Waals surface area (Å²) in [6.07, 6.45) is 10.3. The van der Waals surface area contributed by atoms with Gasteiger partial charge in [0.1, 0.15) is 0 Å². The van der Waals surface area contributed by atoms with Gasteiger partial charge in [-0.2, -0.15) is 0 Å². The third kappa shape index (κ3) is 4.39. The third-order valence-corrected chi connectivity index (χ3v) is 7.18. The van der Waals surface area contributed by atoms with E-state index < -0.39 is 7.92 Å². The highest BCUT2D eigenvalue weighted by molar-refractivity contribution is 7.76. The van der Waals surface area contributed by atoms with E-state index in [4.69, 9.17) is 4.99 Å². The number of hydrogen-bond donors (Lipinski definition) is 0. The van der Waals surface area contributed by atoms with Crippen molar-refractivity contribution >= 4 is 24.7 Å². The Morgan fingerprint density at radius 1 is 0.821 bits per heavy atom. The lowest BCUT2D eigenvalue weighted by Gasteiger charge is -2.30. The van der Waals surface area contributed by atoms with Crippen molar-refractivity contribution in [1.29, 1.82) is 0 Å². The van der Waals surface area contributed by atoms with Crippen molar-refractivity contribution in [2.45, 2.75) is 13.0 Å². The molecular weight excluding hydrogens is 359 g/mol. The number of benzene rings is 2. The summed E-state index contributed by atoms with van der Waals surface area (Å²) in [5, 5.41) is 2.72. The van der Waals surface area contributed by atoms with Crippen molar-refractivity contribution < 1.29 is 0 Å². The molecule has 2 aromatic carbocycles. The number of nitrogens with zero attached hydrogens (tertiary/aromatic N) is 2. The standard InChI is InChI=1S/C25H22N2P/c1-20(27-19-21-11-8-9-18-26-21)24-16-10-17-25(24)28(22-12-4-2-5-13-22)23-14-6-3-7-15-23/h2-20H,1H3/t20-/m1/s1. The Hall–Kier alpha value is -2.31. The van der Waals surface area contributed by atoms with Gasteiger partial charge >= 0.3 is 0 Å². The molecule has 0 amide bonds.